The molecular weight excluding hydrogens is 294 g/mol. The molecule has 1 aliphatic rings. The number of hydrogen-bond acceptors (Lipinski definition) is 2. The van der Waals surface area contributed by atoms with Crippen LogP contribution in [0.3, 0.4) is 0 Å². The second kappa shape index (κ2) is 6.72. The smallest absolute Gasteiger partial charge is 0.335 e. The Labute approximate surface area is 126 Å². The summed E-state index contributed by atoms with van der Waals surface area (Å²) >= 11 is 0. The maximum absolute atomic E-state index is 13.8. The van der Waals surface area contributed by atoms with Gasteiger partial charge < -0.3 is 15.3 Å². The largest absolute Gasteiger partial charge is 0.478 e. The fraction of sp³-hybridized carbons (Fsp3) is 0.467. The Bertz CT molecular complexity index is 569. The Morgan fingerprint density at radius 3 is 2.50 bits per heavy atom. The molecular formula is C15H18F2N2O3. The van der Waals surface area contributed by atoms with E-state index < -0.39 is 23.2 Å². The van der Waals surface area contributed by atoms with E-state index in [0.29, 0.717) is 6.54 Å². The minimum absolute atomic E-state index is 0.0952. The molecule has 0 saturated carbocycles. The summed E-state index contributed by atoms with van der Waals surface area (Å²) in [4.78, 5) is 24.4. The number of carbonyl (C=O) groups excluding carboxylic acids is 1. The van der Waals surface area contributed by atoms with E-state index in [1.54, 1.807) is 4.90 Å². The molecule has 0 aromatic heterocycles. The number of likely N-dealkylation sites (tertiary alicyclic amines) is 1. The third-order valence-corrected chi connectivity index (χ3v) is 3.87. The summed E-state index contributed by atoms with van der Waals surface area (Å²) in [5, 5.41) is 11.2. The van der Waals surface area contributed by atoms with E-state index in [1.807, 2.05) is 6.92 Å². The number of urea groups is 1. The number of carbonyl (C=O) groups is 2. The number of rotatable bonds is 3. The molecule has 2 N–H and O–H groups in total. The summed E-state index contributed by atoms with van der Waals surface area (Å²) in [6.07, 6.45) is 2.88. The second-order valence-corrected chi connectivity index (χ2v) is 5.42. The summed E-state index contributed by atoms with van der Waals surface area (Å²) in [5.41, 5.74) is -0.808. The van der Waals surface area contributed by atoms with Crippen LogP contribution in [0.4, 0.5) is 13.6 Å². The molecule has 1 aliphatic heterocycles. The normalized spacial score (nSPS) is 18.1. The maximum Gasteiger partial charge on any atom is 0.335 e. The fourth-order valence-electron chi connectivity index (χ4n) is 2.56. The molecule has 1 fully saturated rings. The van der Waals surface area contributed by atoms with Gasteiger partial charge in [-0.15, -0.1) is 0 Å². The van der Waals surface area contributed by atoms with Crippen LogP contribution in [0.25, 0.3) is 0 Å². The van der Waals surface area contributed by atoms with Gasteiger partial charge in [0.25, 0.3) is 0 Å². The Balaban J connectivity index is 2.05. The van der Waals surface area contributed by atoms with Crippen LogP contribution in [0, 0.1) is 11.6 Å². The number of carboxylic acids is 1. The number of carboxylic acid groups (broad SMARTS) is 1. The van der Waals surface area contributed by atoms with Crippen molar-refractivity contribution in [3.05, 3.63) is 34.9 Å². The van der Waals surface area contributed by atoms with E-state index >= 15 is 0 Å². The van der Waals surface area contributed by atoms with E-state index in [-0.39, 0.29) is 24.2 Å². The molecule has 2 rings (SSSR count). The number of aromatic carboxylic acids is 1. The number of amides is 2. The SMILES string of the molecule is CC1CCCCN1C(=O)NCc1c(F)cc(C(=O)O)cc1F. The van der Waals surface area contributed by atoms with Gasteiger partial charge in [-0.25, -0.2) is 18.4 Å². The van der Waals surface area contributed by atoms with Crippen LogP contribution in [0.2, 0.25) is 0 Å². The molecule has 2 amide bonds. The number of nitrogens with one attached hydrogen (secondary N) is 1. The lowest BCUT2D eigenvalue weighted by atomic mass is 10.0. The van der Waals surface area contributed by atoms with Crippen molar-refractivity contribution < 1.29 is 23.5 Å². The summed E-state index contributed by atoms with van der Waals surface area (Å²) in [6.45, 7) is 2.23. The Morgan fingerprint density at radius 1 is 1.32 bits per heavy atom. The second-order valence-electron chi connectivity index (χ2n) is 5.42. The van der Waals surface area contributed by atoms with Gasteiger partial charge in [-0.05, 0) is 38.3 Å². The van der Waals surface area contributed by atoms with Crippen LogP contribution in [0.15, 0.2) is 12.1 Å². The van der Waals surface area contributed by atoms with E-state index in [4.69, 9.17) is 5.11 Å². The lowest BCUT2D eigenvalue weighted by Crippen LogP contribution is -2.47. The predicted molar refractivity (Wildman–Crippen MR) is 75.6 cm³/mol. The number of halogens is 2. The van der Waals surface area contributed by atoms with Crippen molar-refractivity contribution in [2.45, 2.75) is 38.8 Å². The molecule has 1 aromatic rings. The molecule has 0 spiro atoms. The van der Waals surface area contributed by atoms with Crippen LogP contribution in [-0.2, 0) is 6.54 Å². The van der Waals surface area contributed by atoms with E-state index in [1.165, 1.54) is 0 Å². The van der Waals surface area contributed by atoms with Gasteiger partial charge in [-0.1, -0.05) is 0 Å². The molecule has 22 heavy (non-hydrogen) atoms. The van der Waals surface area contributed by atoms with Gasteiger partial charge in [0.1, 0.15) is 11.6 Å². The Kier molecular flexibility index (Phi) is 4.95. The summed E-state index contributed by atoms with van der Waals surface area (Å²) in [5.74, 6) is -3.37. The zero-order valence-electron chi connectivity index (χ0n) is 12.2. The van der Waals surface area contributed by atoms with Crippen LogP contribution >= 0.6 is 0 Å². The third-order valence-electron chi connectivity index (χ3n) is 3.87. The highest BCUT2D eigenvalue weighted by Crippen LogP contribution is 2.18. The van der Waals surface area contributed by atoms with Crippen molar-refractivity contribution in [2.75, 3.05) is 6.54 Å². The van der Waals surface area contributed by atoms with Crippen molar-refractivity contribution >= 4 is 12.0 Å². The number of benzene rings is 1. The van der Waals surface area contributed by atoms with E-state index in [2.05, 4.69) is 5.32 Å². The zero-order valence-corrected chi connectivity index (χ0v) is 12.2. The molecule has 1 saturated heterocycles. The first kappa shape index (κ1) is 16.2. The van der Waals surface area contributed by atoms with Crippen LogP contribution < -0.4 is 5.32 Å². The van der Waals surface area contributed by atoms with Crippen molar-refractivity contribution in [2.24, 2.45) is 0 Å². The summed E-state index contributed by atoms with van der Waals surface area (Å²) in [6, 6.07) is 1.22. The molecule has 1 atom stereocenters. The van der Waals surface area contributed by atoms with Gasteiger partial charge >= 0.3 is 12.0 Å². The van der Waals surface area contributed by atoms with Gasteiger partial charge in [-0.2, -0.15) is 0 Å². The van der Waals surface area contributed by atoms with Crippen molar-refractivity contribution in [1.82, 2.24) is 10.2 Å². The monoisotopic (exact) mass is 312 g/mol. The van der Waals surface area contributed by atoms with Gasteiger partial charge in [0.15, 0.2) is 0 Å². The maximum atomic E-state index is 13.8. The molecule has 0 aliphatic carbocycles. The fourth-order valence-corrected chi connectivity index (χ4v) is 2.56. The number of piperidine rings is 1. The lowest BCUT2D eigenvalue weighted by Gasteiger charge is -2.33. The Morgan fingerprint density at radius 2 is 1.95 bits per heavy atom. The standard InChI is InChI=1S/C15H18F2N2O3/c1-9-4-2-3-5-19(9)15(22)18-8-11-12(16)6-10(14(20)21)7-13(11)17/h6-7,9H,2-5,8H2,1H3,(H,18,22)(H,20,21). The average molecular weight is 312 g/mol. The van der Waals surface area contributed by atoms with Gasteiger partial charge in [-0.3, -0.25) is 0 Å². The number of nitrogens with zero attached hydrogens (tertiary/aromatic N) is 1. The molecule has 1 heterocycles. The van der Waals surface area contributed by atoms with Gasteiger partial charge in [0.2, 0.25) is 0 Å². The van der Waals surface area contributed by atoms with E-state index in [9.17, 15) is 18.4 Å². The van der Waals surface area contributed by atoms with Crippen molar-refractivity contribution in [3.63, 3.8) is 0 Å². The third kappa shape index (κ3) is 3.52. The summed E-state index contributed by atoms with van der Waals surface area (Å²) in [7, 11) is 0. The molecule has 0 bridgehead atoms. The molecule has 1 unspecified atom stereocenters. The first-order chi connectivity index (χ1) is 10.4. The Hall–Kier alpha value is -2.18. The highest BCUT2D eigenvalue weighted by Gasteiger charge is 2.23. The highest BCUT2D eigenvalue weighted by molar-refractivity contribution is 5.87. The highest BCUT2D eigenvalue weighted by atomic mass is 19.1. The predicted octanol–water partition coefficient (Wildman–Crippen LogP) is 2.75. The first-order valence-electron chi connectivity index (χ1n) is 7.16. The molecule has 0 radical (unpaired) electrons. The van der Waals surface area contributed by atoms with Crippen LogP contribution in [0.1, 0.15) is 42.1 Å². The molecule has 1 aromatic carbocycles. The van der Waals surface area contributed by atoms with Crippen LogP contribution in [-0.4, -0.2) is 34.6 Å². The minimum atomic E-state index is -1.41. The summed E-state index contributed by atoms with van der Waals surface area (Å²) < 4.78 is 27.5. The van der Waals surface area contributed by atoms with Gasteiger partial charge in [0.05, 0.1) is 12.1 Å². The lowest BCUT2D eigenvalue weighted by molar-refractivity contribution is 0.0695. The average Bonchev–Trinajstić information content (AvgIpc) is 2.46. The molecule has 7 heteroatoms. The molecule has 120 valence electrons. The zero-order chi connectivity index (χ0) is 16.3. The first-order valence-corrected chi connectivity index (χ1v) is 7.16. The molecule has 5 nitrogen and oxygen atoms in total. The van der Waals surface area contributed by atoms with E-state index in [0.717, 1.165) is 31.4 Å². The van der Waals surface area contributed by atoms with Crippen LogP contribution in [0.5, 0.6) is 0 Å². The quantitative estimate of drug-likeness (QED) is 0.901. The van der Waals surface area contributed by atoms with Crippen molar-refractivity contribution in [1.29, 1.82) is 0 Å². The minimum Gasteiger partial charge on any atom is -0.478 e. The van der Waals surface area contributed by atoms with Crippen molar-refractivity contribution in [3.8, 4) is 0 Å². The van der Waals surface area contributed by atoms with Gasteiger partial charge in [0, 0.05) is 18.2 Å². The number of hydrogen-bond donors (Lipinski definition) is 2. The topological polar surface area (TPSA) is 69.6 Å².